The lowest BCUT2D eigenvalue weighted by atomic mass is 9.84. The fourth-order valence-electron chi connectivity index (χ4n) is 3.15. The highest BCUT2D eigenvalue weighted by molar-refractivity contribution is 7.87. The lowest BCUT2D eigenvalue weighted by molar-refractivity contribution is -0.130. The molecule has 2 atom stereocenters. The quantitative estimate of drug-likeness (QED) is 0.740. The van der Waals surface area contributed by atoms with Crippen molar-refractivity contribution in [2.75, 3.05) is 6.54 Å². The van der Waals surface area contributed by atoms with Gasteiger partial charge in [-0.15, -0.1) is 3.89 Å². The first-order valence-electron chi connectivity index (χ1n) is 6.62. The van der Waals surface area contributed by atoms with Crippen molar-refractivity contribution in [1.82, 2.24) is 4.90 Å². The van der Waals surface area contributed by atoms with Crippen molar-refractivity contribution in [2.45, 2.75) is 56.7 Å². The van der Waals surface area contributed by atoms with Crippen molar-refractivity contribution in [3.8, 4) is 0 Å². The van der Waals surface area contributed by atoms with Gasteiger partial charge in [0, 0.05) is 19.0 Å². The van der Waals surface area contributed by atoms with Gasteiger partial charge in [-0.2, -0.15) is 8.42 Å². The minimum atomic E-state index is -4.60. The van der Waals surface area contributed by atoms with Crippen molar-refractivity contribution in [2.24, 2.45) is 5.92 Å². The van der Waals surface area contributed by atoms with Crippen LogP contribution in [0.3, 0.4) is 0 Å². The van der Waals surface area contributed by atoms with E-state index in [2.05, 4.69) is 0 Å². The van der Waals surface area contributed by atoms with Crippen LogP contribution in [-0.2, 0) is 15.0 Å². The lowest BCUT2D eigenvalue weighted by Crippen LogP contribution is -2.41. The van der Waals surface area contributed by atoms with E-state index < -0.39 is 15.5 Å². The first-order chi connectivity index (χ1) is 8.39. The SMILES string of the molecule is CC(C1CCCCC1)N1CC(S(=O)(=O)F)CC1=O. The molecule has 2 unspecified atom stereocenters. The molecule has 0 spiro atoms. The van der Waals surface area contributed by atoms with E-state index in [1.165, 1.54) is 19.3 Å². The molecule has 1 aliphatic carbocycles. The van der Waals surface area contributed by atoms with Gasteiger partial charge in [0.05, 0.1) is 0 Å². The lowest BCUT2D eigenvalue weighted by Gasteiger charge is -2.34. The number of hydrogen-bond acceptors (Lipinski definition) is 3. The molecule has 1 saturated heterocycles. The van der Waals surface area contributed by atoms with Crippen LogP contribution in [-0.4, -0.2) is 37.1 Å². The van der Waals surface area contributed by atoms with Gasteiger partial charge in [-0.1, -0.05) is 19.3 Å². The van der Waals surface area contributed by atoms with E-state index in [4.69, 9.17) is 0 Å². The molecule has 1 saturated carbocycles. The predicted molar refractivity (Wildman–Crippen MR) is 66.2 cm³/mol. The Morgan fingerprint density at radius 1 is 1.28 bits per heavy atom. The molecule has 104 valence electrons. The minimum absolute atomic E-state index is 0.0231. The van der Waals surface area contributed by atoms with Crippen molar-refractivity contribution >= 4 is 16.1 Å². The van der Waals surface area contributed by atoms with Crippen LogP contribution < -0.4 is 0 Å². The Balaban J connectivity index is 2.02. The number of amides is 1. The number of carbonyl (C=O) groups excluding carboxylic acids is 1. The monoisotopic (exact) mass is 277 g/mol. The van der Waals surface area contributed by atoms with E-state index >= 15 is 0 Å². The third kappa shape index (κ3) is 2.84. The third-order valence-electron chi connectivity index (χ3n) is 4.34. The van der Waals surface area contributed by atoms with Gasteiger partial charge in [-0.05, 0) is 25.7 Å². The Morgan fingerprint density at radius 2 is 1.89 bits per heavy atom. The van der Waals surface area contributed by atoms with Gasteiger partial charge in [0.1, 0.15) is 5.25 Å². The van der Waals surface area contributed by atoms with Gasteiger partial charge in [-0.3, -0.25) is 4.79 Å². The summed E-state index contributed by atoms with van der Waals surface area (Å²) in [6, 6.07) is 0.0320. The smallest absolute Gasteiger partial charge is 0.307 e. The first-order valence-corrected chi connectivity index (χ1v) is 8.07. The summed E-state index contributed by atoms with van der Waals surface area (Å²) in [5.41, 5.74) is 0. The van der Waals surface area contributed by atoms with E-state index in [9.17, 15) is 17.1 Å². The van der Waals surface area contributed by atoms with E-state index in [-0.39, 0.29) is 24.9 Å². The molecule has 1 aliphatic heterocycles. The Bertz CT molecular complexity index is 417. The molecular formula is C12H20FNO3S. The van der Waals surface area contributed by atoms with Crippen molar-refractivity contribution in [3.63, 3.8) is 0 Å². The summed E-state index contributed by atoms with van der Waals surface area (Å²) in [6.07, 6.45) is 5.54. The number of nitrogens with zero attached hydrogens (tertiary/aromatic N) is 1. The zero-order valence-electron chi connectivity index (χ0n) is 10.6. The maximum Gasteiger partial charge on any atom is 0.307 e. The summed E-state index contributed by atoms with van der Waals surface area (Å²) in [4.78, 5) is 13.4. The number of likely N-dealkylation sites (tertiary alicyclic amines) is 1. The highest BCUT2D eigenvalue weighted by Crippen LogP contribution is 2.32. The zero-order chi connectivity index (χ0) is 13.3. The van der Waals surface area contributed by atoms with Gasteiger partial charge in [0.2, 0.25) is 5.91 Å². The van der Waals surface area contributed by atoms with E-state index in [0.717, 1.165) is 12.8 Å². The number of carbonyl (C=O) groups is 1. The second-order valence-corrected chi connectivity index (χ2v) is 7.10. The van der Waals surface area contributed by atoms with E-state index in [1.54, 1.807) is 4.90 Å². The van der Waals surface area contributed by atoms with Crippen LogP contribution in [0.15, 0.2) is 0 Å². The van der Waals surface area contributed by atoms with Gasteiger partial charge in [0.15, 0.2) is 0 Å². The topological polar surface area (TPSA) is 54.5 Å². The molecular weight excluding hydrogens is 257 g/mol. The highest BCUT2D eigenvalue weighted by Gasteiger charge is 2.41. The van der Waals surface area contributed by atoms with Crippen molar-refractivity contribution < 1.29 is 17.1 Å². The van der Waals surface area contributed by atoms with Crippen molar-refractivity contribution in [1.29, 1.82) is 0 Å². The normalized spacial score (nSPS) is 28.7. The minimum Gasteiger partial charge on any atom is -0.338 e. The fraction of sp³-hybridized carbons (Fsp3) is 0.917. The van der Waals surface area contributed by atoms with Crippen LogP contribution in [0.4, 0.5) is 3.89 Å². The maximum absolute atomic E-state index is 12.9. The first kappa shape index (κ1) is 13.8. The maximum atomic E-state index is 12.9. The molecule has 0 aromatic rings. The van der Waals surface area contributed by atoms with Crippen LogP contribution >= 0.6 is 0 Å². The van der Waals surface area contributed by atoms with Crippen LogP contribution in [0.1, 0.15) is 45.4 Å². The molecule has 2 fully saturated rings. The van der Waals surface area contributed by atoms with E-state index in [1.807, 2.05) is 6.92 Å². The Labute approximate surface area is 108 Å². The Morgan fingerprint density at radius 3 is 2.39 bits per heavy atom. The average Bonchev–Trinajstić information content (AvgIpc) is 2.71. The summed E-state index contributed by atoms with van der Waals surface area (Å²) in [6.45, 7) is 1.98. The van der Waals surface area contributed by atoms with Crippen LogP contribution in [0.5, 0.6) is 0 Å². The second kappa shape index (κ2) is 5.15. The van der Waals surface area contributed by atoms with Crippen LogP contribution in [0.2, 0.25) is 0 Å². The van der Waals surface area contributed by atoms with E-state index in [0.29, 0.717) is 5.92 Å². The molecule has 0 N–H and O–H groups in total. The largest absolute Gasteiger partial charge is 0.338 e. The highest BCUT2D eigenvalue weighted by atomic mass is 32.3. The molecule has 4 nitrogen and oxygen atoms in total. The summed E-state index contributed by atoms with van der Waals surface area (Å²) in [5.74, 6) is 0.211. The molecule has 0 aromatic heterocycles. The molecule has 18 heavy (non-hydrogen) atoms. The third-order valence-corrected chi connectivity index (χ3v) is 5.46. The molecule has 0 bridgehead atoms. The van der Waals surface area contributed by atoms with Gasteiger partial charge < -0.3 is 4.90 Å². The van der Waals surface area contributed by atoms with Crippen LogP contribution in [0.25, 0.3) is 0 Å². The summed E-state index contributed by atoms with van der Waals surface area (Å²) >= 11 is 0. The Hall–Kier alpha value is -0.650. The average molecular weight is 277 g/mol. The Kier molecular flexibility index (Phi) is 3.94. The standard InChI is InChI=1S/C12H20FNO3S/c1-9(10-5-3-2-4-6-10)14-8-11(7-12(14)15)18(13,16)17/h9-11H,2-8H2,1H3. The molecule has 0 aromatic carbocycles. The molecule has 2 aliphatic rings. The molecule has 2 rings (SSSR count). The van der Waals surface area contributed by atoms with Crippen molar-refractivity contribution in [3.05, 3.63) is 0 Å². The summed E-state index contributed by atoms with van der Waals surface area (Å²) < 4.78 is 34.7. The molecule has 0 radical (unpaired) electrons. The molecule has 1 heterocycles. The number of halogens is 1. The summed E-state index contributed by atoms with van der Waals surface area (Å²) in [7, 11) is -4.60. The fourth-order valence-corrected chi connectivity index (χ4v) is 3.83. The second-order valence-electron chi connectivity index (χ2n) is 5.49. The van der Waals surface area contributed by atoms with Crippen LogP contribution in [0, 0.1) is 5.92 Å². The molecule has 1 amide bonds. The molecule has 6 heteroatoms. The number of hydrogen-bond donors (Lipinski definition) is 0. The zero-order valence-corrected chi connectivity index (χ0v) is 11.5. The predicted octanol–water partition coefficient (Wildman–Crippen LogP) is 1.86. The summed E-state index contributed by atoms with van der Waals surface area (Å²) in [5, 5.41) is -1.16. The van der Waals surface area contributed by atoms with Gasteiger partial charge in [-0.25, -0.2) is 0 Å². The number of rotatable bonds is 3. The van der Waals surface area contributed by atoms with Gasteiger partial charge >= 0.3 is 10.2 Å². The van der Waals surface area contributed by atoms with Gasteiger partial charge in [0.25, 0.3) is 0 Å².